The highest BCUT2D eigenvalue weighted by atomic mass is 79.9. The lowest BCUT2D eigenvalue weighted by molar-refractivity contribution is -0.138. The number of carboxylic acid groups (broad SMARTS) is 1. The molecule has 7 heteroatoms. The van der Waals surface area contributed by atoms with Gasteiger partial charge in [-0.3, -0.25) is 4.79 Å². The van der Waals surface area contributed by atoms with Gasteiger partial charge in [-0.1, -0.05) is 36.7 Å². The lowest BCUT2D eigenvalue weighted by atomic mass is 9.85. The Labute approximate surface area is 140 Å². The van der Waals surface area contributed by atoms with Gasteiger partial charge in [0.1, 0.15) is 0 Å². The molecule has 0 aromatic heterocycles. The lowest BCUT2D eigenvalue weighted by Crippen LogP contribution is -2.46. The quantitative estimate of drug-likeness (QED) is 0.680. The number of amides is 2. The molecule has 1 aromatic carbocycles. The van der Waals surface area contributed by atoms with Crippen molar-refractivity contribution in [3.63, 3.8) is 0 Å². The first kappa shape index (κ1) is 18.0. The number of aliphatic carboxylic acids is 1. The molecule has 1 aromatic rings. The van der Waals surface area contributed by atoms with Gasteiger partial charge in [0.2, 0.25) is 0 Å². The number of hydrogen-bond acceptors (Lipinski definition) is 2. The molecule has 5 nitrogen and oxygen atoms in total. The molecule has 116 valence electrons. The predicted octanol–water partition coefficient (Wildman–Crippen LogP) is 4.22. The van der Waals surface area contributed by atoms with E-state index >= 15 is 0 Å². The molecule has 2 amide bonds. The van der Waals surface area contributed by atoms with Crippen LogP contribution in [0, 0.1) is 5.41 Å². The van der Waals surface area contributed by atoms with Gasteiger partial charge >= 0.3 is 12.0 Å². The number of nitrogens with one attached hydrogen (secondary N) is 2. The van der Waals surface area contributed by atoms with Crippen LogP contribution in [0.1, 0.15) is 27.2 Å². The fourth-order valence-corrected chi connectivity index (χ4v) is 2.37. The molecule has 0 fully saturated rings. The zero-order valence-corrected chi connectivity index (χ0v) is 15.2. The largest absolute Gasteiger partial charge is 0.481 e. The molecule has 0 saturated carbocycles. The topological polar surface area (TPSA) is 78.4 Å². The third-order valence-electron chi connectivity index (χ3n) is 2.91. The summed E-state index contributed by atoms with van der Waals surface area (Å²) in [6.07, 6.45) is -0.128. The smallest absolute Gasteiger partial charge is 0.319 e. The van der Waals surface area contributed by atoms with Crippen LogP contribution in [-0.4, -0.2) is 23.1 Å². The molecule has 0 heterocycles. The summed E-state index contributed by atoms with van der Waals surface area (Å²) in [6.45, 7) is 5.65. The van der Waals surface area contributed by atoms with Crippen molar-refractivity contribution in [3.8, 4) is 0 Å². The van der Waals surface area contributed by atoms with Crippen molar-refractivity contribution < 1.29 is 14.7 Å². The molecule has 0 aliphatic rings. The van der Waals surface area contributed by atoms with Crippen LogP contribution >= 0.6 is 31.9 Å². The minimum absolute atomic E-state index is 0.128. The summed E-state index contributed by atoms with van der Waals surface area (Å²) in [5.74, 6) is -0.945. The zero-order chi connectivity index (χ0) is 16.2. The van der Waals surface area contributed by atoms with Crippen molar-refractivity contribution in [2.75, 3.05) is 5.32 Å². The van der Waals surface area contributed by atoms with E-state index in [1.807, 2.05) is 26.8 Å². The van der Waals surface area contributed by atoms with Crippen LogP contribution in [0.4, 0.5) is 10.5 Å². The minimum Gasteiger partial charge on any atom is -0.481 e. The van der Waals surface area contributed by atoms with Crippen LogP contribution in [0.15, 0.2) is 27.1 Å². The van der Waals surface area contributed by atoms with Crippen molar-refractivity contribution in [3.05, 3.63) is 27.1 Å². The second-order valence-electron chi connectivity index (χ2n) is 5.74. The molecule has 21 heavy (non-hydrogen) atoms. The highest BCUT2D eigenvalue weighted by Gasteiger charge is 2.28. The number of halogens is 2. The number of carbonyl (C=O) groups excluding carboxylic acids is 1. The lowest BCUT2D eigenvalue weighted by Gasteiger charge is -2.30. The van der Waals surface area contributed by atoms with E-state index in [1.165, 1.54) is 0 Å². The number of urea groups is 1. The van der Waals surface area contributed by atoms with Gasteiger partial charge in [0.25, 0.3) is 0 Å². The number of anilines is 1. The molecule has 0 aliphatic heterocycles. The fraction of sp³-hybridized carbons (Fsp3) is 0.429. The van der Waals surface area contributed by atoms with E-state index in [1.54, 1.807) is 12.1 Å². The Morgan fingerprint density at radius 1 is 1.29 bits per heavy atom. The second-order valence-corrected chi connectivity index (χ2v) is 7.51. The Morgan fingerprint density at radius 3 is 2.43 bits per heavy atom. The van der Waals surface area contributed by atoms with Gasteiger partial charge in [0, 0.05) is 15.0 Å². The summed E-state index contributed by atoms with van der Waals surface area (Å²) >= 11 is 6.68. The zero-order valence-electron chi connectivity index (χ0n) is 12.0. The first-order valence-electron chi connectivity index (χ1n) is 6.34. The molecule has 0 aliphatic carbocycles. The molecule has 1 rings (SSSR count). The Hall–Kier alpha value is -1.08. The van der Waals surface area contributed by atoms with Gasteiger partial charge in [-0.25, -0.2) is 4.79 Å². The van der Waals surface area contributed by atoms with Gasteiger partial charge in [0.05, 0.1) is 12.1 Å². The molecule has 0 radical (unpaired) electrons. The maximum absolute atomic E-state index is 12.1. The summed E-state index contributed by atoms with van der Waals surface area (Å²) in [4.78, 5) is 23.0. The normalized spacial score (nSPS) is 12.6. The van der Waals surface area contributed by atoms with E-state index in [0.717, 1.165) is 8.95 Å². The number of carbonyl (C=O) groups is 2. The number of benzene rings is 1. The van der Waals surface area contributed by atoms with Crippen molar-refractivity contribution >= 4 is 49.5 Å². The van der Waals surface area contributed by atoms with E-state index in [2.05, 4.69) is 42.5 Å². The van der Waals surface area contributed by atoms with Crippen molar-refractivity contribution in [2.45, 2.75) is 33.2 Å². The summed E-state index contributed by atoms with van der Waals surface area (Å²) in [7, 11) is 0. The number of carboxylic acids is 1. The maximum atomic E-state index is 12.1. The highest BCUT2D eigenvalue weighted by Crippen LogP contribution is 2.26. The summed E-state index contributed by atoms with van der Waals surface area (Å²) in [6, 6.07) is 4.50. The SMILES string of the molecule is CC(C)(C)C(CC(=O)O)NC(=O)Nc1cc(Br)ccc1Br. The number of hydrogen-bond donors (Lipinski definition) is 3. The molecule has 1 atom stereocenters. The van der Waals surface area contributed by atoms with E-state index in [4.69, 9.17) is 5.11 Å². The monoisotopic (exact) mass is 420 g/mol. The van der Waals surface area contributed by atoms with Crippen molar-refractivity contribution in [1.82, 2.24) is 5.32 Å². The Morgan fingerprint density at radius 2 is 1.90 bits per heavy atom. The fourth-order valence-electron chi connectivity index (χ4n) is 1.66. The first-order chi connectivity index (χ1) is 9.59. The van der Waals surface area contributed by atoms with Crippen molar-refractivity contribution in [2.24, 2.45) is 5.41 Å². The Bertz CT molecular complexity index is 542. The average Bonchev–Trinajstić information content (AvgIpc) is 2.31. The molecular formula is C14H18Br2N2O3. The maximum Gasteiger partial charge on any atom is 0.319 e. The third kappa shape index (κ3) is 6.05. The second kappa shape index (κ2) is 7.26. The molecule has 3 N–H and O–H groups in total. The molecular weight excluding hydrogens is 404 g/mol. The first-order valence-corrected chi connectivity index (χ1v) is 7.92. The van der Waals surface area contributed by atoms with Crippen LogP contribution in [-0.2, 0) is 4.79 Å². The summed E-state index contributed by atoms with van der Waals surface area (Å²) < 4.78 is 1.57. The van der Waals surface area contributed by atoms with E-state index in [9.17, 15) is 9.59 Å². The summed E-state index contributed by atoms with van der Waals surface area (Å²) in [5, 5.41) is 14.4. The molecule has 1 unspecified atom stereocenters. The highest BCUT2D eigenvalue weighted by molar-refractivity contribution is 9.11. The van der Waals surface area contributed by atoms with Gasteiger partial charge in [-0.05, 0) is 39.5 Å². The van der Waals surface area contributed by atoms with E-state index < -0.39 is 18.0 Å². The summed E-state index contributed by atoms with van der Waals surface area (Å²) in [5.41, 5.74) is 0.245. The van der Waals surface area contributed by atoms with Crippen LogP contribution < -0.4 is 10.6 Å². The third-order valence-corrected chi connectivity index (χ3v) is 4.09. The van der Waals surface area contributed by atoms with Crippen LogP contribution in [0.5, 0.6) is 0 Å². The average molecular weight is 422 g/mol. The van der Waals surface area contributed by atoms with Crippen LogP contribution in [0.2, 0.25) is 0 Å². The molecule has 0 saturated heterocycles. The van der Waals surface area contributed by atoms with Gasteiger partial charge < -0.3 is 15.7 Å². The van der Waals surface area contributed by atoms with Crippen molar-refractivity contribution in [1.29, 1.82) is 0 Å². The molecule has 0 spiro atoms. The van der Waals surface area contributed by atoms with Crippen LogP contribution in [0.3, 0.4) is 0 Å². The van der Waals surface area contributed by atoms with Gasteiger partial charge in [-0.15, -0.1) is 0 Å². The predicted molar refractivity (Wildman–Crippen MR) is 89.5 cm³/mol. The van der Waals surface area contributed by atoms with E-state index in [0.29, 0.717) is 5.69 Å². The Kier molecular flexibility index (Phi) is 6.22. The number of rotatable bonds is 4. The van der Waals surface area contributed by atoms with Gasteiger partial charge in [-0.2, -0.15) is 0 Å². The minimum atomic E-state index is -0.945. The standard InChI is InChI=1S/C14H18Br2N2O3/c1-14(2,3)11(7-12(19)20)18-13(21)17-10-6-8(15)4-5-9(10)16/h4-6,11H,7H2,1-3H3,(H,19,20)(H2,17,18,21). The Balaban J connectivity index is 2.78. The molecule has 0 bridgehead atoms. The van der Waals surface area contributed by atoms with Crippen LogP contribution in [0.25, 0.3) is 0 Å². The van der Waals surface area contributed by atoms with Gasteiger partial charge in [0.15, 0.2) is 0 Å². The van der Waals surface area contributed by atoms with E-state index in [-0.39, 0.29) is 11.8 Å².